The third-order valence-electron chi connectivity index (χ3n) is 2.96. The standard InChI is InChI=1S/C17H15Br2NO3/c1-22-15-9-11(5-6-16(20)21)8-14(19)17(15)23-10-12-3-2-4-13(18)7-12/h2-9H,10H2,1H3,(H2,20,21)/b6-5+. The molecule has 0 saturated carbocycles. The summed E-state index contributed by atoms with van der Waals surface area (Å²) >= 11 is 6.90. The van der Waals surface area contributed by atoms with Crippen molar-refractivity contribution < 1.29 is 14.3 Å². The number of benzene rings is 2. The summed E-state index contributed by atoms with van der Waals surface area (Å²) < 4.78 is 13.0. The molecule has 120 valence electrons. The Morgan fingerprint density at radius 3 is 2.70 bits per heavy atom. The molecule has 0 bridgehead atoms. The van der Waals surface area contributed by atoms with Gasteiger partial charge < -0.3 is 15.2 Å². The summed E-state index contributed by atoms with van der Waals surface area (Å²) in [6.07, 6.45) is 2.91. The van der Waals surface area contributed by atoms with Gasteiger partial charge in [0, 0.05) is 10.5 Å². The largest absolute Gasteiger partial charge is 0.493 e. The monoisotopic (exact) mass is 439 g/mol. The number of hydrogen-bond donors (Lipinski definition) is 1. The van der Waals surface area contributed by atoms with Crippen LogP contribution in [0.25, 0.3) is 6.08 Å². The molecule has 0 fully saturated rings. The molecule has 0 spiro atoms. The molecular weight excluding hydrogens is 426 g/mol. The van der Waals surface area contributed by atoms with Gasteiger partial charge in [0.1, 0.15) is 6.61 Å². The van der Waals surface area contributed by atoms with E-state index in [0.29, 0.717) is 18.1 Å². The van der Waals surface area contributed by atoms with E-state index in [1.54, 1.807) is 19.3 Å². The fraction of sp³-hybridized carbons (Fsp3) is 0.118. The number of carbonyl (C=O) groups excluding carboxylic acids is 1. The van der Waals surface area contributed by atoms with E-state index in [9.17, 15) is 4.79 Å². The average Bonchev–Trinajstić information content (AvgIpc) is 2.51. The number of primary amides is 1. The molecule has 6 heteroatoms. The molecule has 0 radical (unpaired) electrons. The van der Waals surface area contributed by atoms with E-state index in [1.165, 1.54) is 6.08 Å². The van der Waals surface area contributed by atoms with Crippen molar-refractivity contribution in [3.8, 4) is 11.5 Å². The number of nitrogens with two attached hydrogens (primary N) is 1. The summed E-state index contributed by atoms with van der Waals surface area (Å²) in [5.74, 6) is 0.664. The Morgan fingerprint density at radius 2 is 2.04 bits per heavy atom. The SMILES string of the molecule is COc1cc(/C=C/C(N)=O)cc(Br)c1OCc1cccc(Br)c1. The van der Waals surface area contributed by atoms with Crippen molar-refractivity contribution in [2.24, 2.45) is 5.73 Å². The van der Waals surface area contributed by atoms with Gasteiger partial charge in [-0.25, -0.2) is 0 Å². The van der Waals surface area contributed by atoms with Crippen molar-refractivity contribution >= 4 is 43.8 Å². The molecule has 1 amide bonds. The van der Waals surface area contributed by atoms with Crippen molar-refractivity contribution in [1.82, 2.24) is 0 Å². The summed E-state index contributed by atoms with van der Waals surface area (Å²) in [6, 6.07) is 11.5. The van der Waals surface area contributed by atoms with Gasteiger partial charge >= 0.3 is 0 Å². The zero-order chi connectivity index (χ0) is 16.8. The molecular formula is C17H15Br2NO3. The van der Waals surface area contributed by atoms with Crippen LogP contribution in [-0.2, 0) is 11.4 Å². The maximum Gasteiger partial charge on any atom is 0.241 e. The fourth-order valence-corrected chi connectivity index (χ4v) is 2.96. The van der Waals surface area contributed by atoms with E-state index in [2.05, 4.69) is 31.9 Å². The highest BCUT2D eigenvalue weighted by Crippen LogP contribution is 2.37. The molecule has 0 unspecified atom stereocenters. The quantitative estimate of drug-likeness (QED) is 0.681. The van der Waals surface area contributed by atoms with Crippen LogP contribution in [-0.4, -0.2) is 13.0 Å². The maximum atomic E-state index is 10.8. The van der Waals surface area contributed by atoms with E-state index >= 15 is 0 Å². The first kappa shape index (κ1) is 17.6. The number of amides is 1. The summed E-state index contributed by atoms with van der Waals surface area (Å²) in [4.78, 5) is 10.8. The molecule has 0 aliphatic rings. The van der Waals surface area contributed by atoms with Gasteiger partial charge in [-0.2, -0.15) is 0 Å². The molecule has 4 nitrogen and oxygen atoms in total. The molecule has 2 aromatic carbocycles. The van der Waals surface area contributed by atoms with Crippen LogP contribution in [0.4, 0.5) is 0 Å². The van der Waals surface area contributed by atoms with Crippen molar-refractivity contribution in [2.45, 2.75) is 6.61 Å². The highest BCUT2D eigenvalue weighted by molar-refractivity contribution is 9.10. The number of halogens is 2. The Bertz CT molecular complexity index is 745. The molecule has 0 aromatic heterocycles. The zero-order valence-electron chi connectivity index (χ0n) is 12.4. The Balaban J connectivity index is 2.22. The van der Waals surface area contributed by atoms with Crippen LogP contribution < -0.4 is 15.2 Å². The molecule has 0 aliphatic heterocycles. The molecule has 0 heterocycles. The van der Waals surface area contributed by atoms with Crippen LogP contribution in [0.15, 0.2) is 51.4 Å². The lowest BCUT2D eigenvalue weighted by Gasteiger charge is -2.14. The number of methoxy groups -OCH3 is 1. The normalized spacial score (nSPS) is 10.7. The molecule has 0 atom stereocenters. The Kier molecular flexibility index (Phi) is 6.24. The second-order valence-corrected chi connectivity index (χ2v) is 6.46. The Morgan fingerprint density at radius 1 is 1.26 bits per heavy atom. The number of rotatable bonds is 6. The third kappa shape index (κ3) is 5.11. The van der Waals surface area contributed by atoms with Crippen LogP contribution in [0.2, 0.25) is 0 Å². The van der Waals surface area contributed by atoms with Crippen LogP contribution in [0, 0.1) is 0 Å². The second-order valence-electron chi connectivity index (χ2n) is 4.69. The predicted octanol–water partition coefficient (Wildman–Crippen LogP) is 4.30. The van der Waals surface area contributed by atoms with Crippen LogP contribution in [0.5, 0.6) is 11.5 Å². The summed E-state index contributed by atoms with van der Waals surface area (Å²) in [5, 5.41) is 0. The molecule has 0 aliphatic carbocycles. The maximum absolute atomic E-state index is 10.8. The van der Waals surface area contributed by atoms with Gasteiger partial charge in [0.05, 0.1) is 11.6 Å². The Labute approximate surface area is 151 Å². The first-order chi connectivity index (χ1) is 11.0. The summed E-state index contributed by atoms with van der Waals surface area (Å²) in [6.45, 7) is 0.408. The highest BCUT2D eigenvalue weighted by atomic mass is 79.9. The van der Waals surface area contributed by atoms with Crippen molar-refractivity contribution in [1.29, 1.82) is 0 Å². The third-order valence-corrected chi connectivity index (χ3v) is 4.05. The first-order valence-corrected chi connectivity index (χ1v) is 8.30. The van der Waals surface area contributed by atoms with Gasteiger partial charge in [0.15, 0.2) is 11.5 Å². The van der Waals surface area contributed by atoms with Crippen molar-refractivity contribution in [3.63, 3.8) is 0 Å². The molecule has 23 heavy (non-hydrogen) atoms. The van der Waals surface area contributed by atoms with Crippen LogP contribution in [0.1, 0.15) is 11.1 Å². The van der Waals surface area contributed by atoms with Crippen LogP contribution in [0.3, 0.4) is 0 Å². The zero-order valence-corrected chi connectivity index (χ0v) is 15.6. The molecule has 0 saturated heterocycles. The van der Waals surface area contributed by atoms with Gasteiger partial charge in [-0.05, 0) is 57.4 Å². The lowest BCUT2D eigenvalue weighted by atomic mass is 10.2. The Hall–Kier alpha value is -1.79. The van der Waals surface area contributed by atoms with Crippen LogP contribution >= 0.6 is 31.9 Å². The number of ether oxygens (including phenoxy) is 2. The molecule has 2 rings (SSSR count). The average molecular weight is 441 g/mol. The van der Waals surface area contributed by atoms with Crippen molar-refractivity contribution in [2.75, 3.05) is 7.11 Å². The fourth-order valence-electron chi connectivity index (χ4n) is 1.94. The van der Waals surface area contributed by atoms with Gasteiger partial charge in [-0.1, -0.05) is 28.1 Å². The topological polar surface area (TPSA) is 61.5 Å². The van der Waals surface area contributed by atoms with E-state index in [4.69, 9.17) is 15.2 Å². The highest BCUT2D eigenvalue weighted by Gasteiger charge is 2.11. The summed E-state index contributed by atoms with van der Waals surface area (Å²) in [7, 11) is 1.56. The smallest absolute Gasteiger partial charge is 0.241 e. The van der Waals surface area contributed by atoms with E-state index < -0.39 is 5.91 Å². The lowest BCUT2D eigenvalue weighted by molar-refractivity contribution is -0.113. The minimum Gasteiger partial charge on any atom is -0.493 e. The van der Waals surface area contributed by atoms with E-state index in [-0.39, 0.29) is 0 Å². The second kappa shape index (κ2) is 8.17. The molecule has 2 aromatic rings. The van der Waals surface area contributed by atoms with Crippen molar-refractivity contribution in [3.05, 3.63) is 62.5 Å². The van der Waals surface area contributed by atoms with Gasteiger partial charge in [0.2, 0.25) is 5.91 Å². The first-order valence-electron chi connectivity index (χ1n) is 6.72. The van der Waals surface area contributed by atoms with Gasteiger partial charge in [-0.3, -0.25) is 4.79 Å². The molecule has 2 N–H and O–H groups in total. The van der Waals surface area contributed by atoms with E-state index in [0.717, 1.165) is 20.1 Å². The minimum atomic E-state index is -0.505. The van der Waals surface area contributed by atoms with Gasteiger partial charge in [-0.15, -0.1) is 0 Å². The minimum absolute atomic E-state index is 0.408. The lowest BCUT2D eigenvalue weighted by Crippen LogP contribution is -2.05. The summed E-state index contributed by atoms with van der Waals surface area (Å²) in [5.41, 5.74) is 6.92. The van der Waals surface area contributed by atoms with E-state index in [1.807, 2.05) is 30.3 Å². The predicted molar refractivity (Wildman–Crippen MR) is 97.4 cm³/mol. The number of carbonyl (C=O) groups is 1. The number of hydrogen-bond acceptors (Lipinski definition) is 3. The van der Waals surface area contributed by atoms with Gasteiger partial charge in [0.25, 0.3) is 0 Å².